The lowest BCUT2D eigenvalue weighted by Gasteiger charge is -2.35. The van der Waals surface area contributed by atoms with E-state index in [1.807, 2.05) is 0 Å². The Bertz CT molecular complexity index is 198. The highest BCUT2D eigenvalue weighted by atomic mass is 16.3. The van der Waals surface area contributed by atoms with Crippen LogP contribution in [0, 0.1) is 0 Å². The summed E-state index contributed by atoms with van der Waals surface area (Å²) in [4.78, 5) is 2.40. The van der Waals surface area contributed by atoms with Gasteiger partial charge in [-0.2, -0.15) is 0 Å². The fourth-order valence-electron chi connectivity index (χ4n) is 2.59. The maximum absolute atomic E-state index is 10.4. The Kier molecular flexibility index (Phi) is 6.45. The van der Waals surface area contributed by atoms with Crippen LogP contribution in [0.5, 0.6) is 0 Å². The van der Waals surface area contributed by atoms with Crippen LogP contribution in [-0.4, -0.2) is 47.8 Å². The number of piperidine rings is 1. The summed E-state index contributed by atoms with van der Waals surface area (Å²) < 4.78 is 0. The molecule has 1 aliphatic rings. The van der Waals surface area contributed by atoms with E-state index in [1.54, 1.807) is 0 Å². The van der Waals surface area contributed by atoms with Crippen LogP contribution in [-0.2, 0) is 0 Å². The molecule has 1 atom stereocenters. The average Bonchev–Trinajstić information content (AvgIpc) is 2.39. The molecule has 3 heteroatoms. The molecule has 0 aliphatic carbocycles. The summed E-state index contributed by atoms with van der Waals surface area (Å²) in [6.45, 7) is 10.4. The number of nitrogens with one attached hydrogen (secondary N) is 1. The Morgan fingerprint density at radius 3 is 2.41 bits per heavy atom. The second-order valence-electron chi connectivity index (χ2n) is 5.41. The molecule has 0 radical (unpaired) electrons. The van der Waals surface area contributed by atoms with E-state index >= 15 is 0 Å². The Morgan fingerprint density at radius 1 is 1.24 bits per heavy atom. The predicted molar refractivity (Wildman–Crippen MR) is 73.3 cm³/mol. The quantitative estimate of drug-likeness (QED) is 0.717. The normalized spacial score (nSPS) is 22.1. The molecule has 3 nitrogen and oxygen atoms in total. The lowest BCUT2D eigenvalue weighted by molar-refractivity contribution is -0.00480. The van der Waals surface area contributed by atoms with E-state index in [0.717, 1.165) is 39.0 Å². The van der Waals surface area contributed by atoms with Crippen LogP contribution in [0.2, 0.25) is 0 Å². The van der Waals surface area contributed by atoms with Gasteiger partial charge < -0.3 is 10.4 Å². The van der Waals surface area contributed by atoms with Crippen LogP contribution in [0.1, 0.15) is 52.9 Å². The van der Waals surface area contributed by atoms with E-state index < -0.39 is 5.60 Å². The molecule has 0 spiro atoms. The molecule has 0 saturated carbocycles. The number of hydrogen-bond acceptors (Lipinski definition) is 3. The van der Waals surface area contributed by atoms with Crippen molar-refractivity contribution in [1.82, 2.24) is 10.2 Å². The summed E-state index contributed by atoms with van der Waals surface area (Å²) in [7, 11) is 0. The van der Waals surface area contributed by atoms with Gasteiger partial charge in [-0.15, -0.1) is 0 Å². The zero-order chi connectivity index (χ0) is 12.7. The first-order valence-electron chi connectivity index (χ1n) is 7.31. The van der Waals surface area contributed by atoms with Gasteiger partial charge in [-0.25, -0.2) is 0 Å². The number of rotatable bonds is 7. The summed E-state index contributed by atoms with van der Waals surface area (Å²) >= 11 is 0. The van der Waals surface area contributed by atoms with Crippen molar-refractivity contribution in [2.75, 3.05) is 26.2 Å². The number of aliphatic hydroxyl groups is 1. The topological polar surface area (TPSA) is 35.5 Å². The molecule has 0 aromatic rings. The van der Waals surface area contributed by atoms with Crippen molar-refractivity contribution in [3.63, 3.8) is 0 Å². The molecule has 0 amide bonds. The Labute approximate surface area is 107 Å². The van der Waals surface area contributed by atoms with E-state index in [9.17, 15) is 5.11 Å². The zero-order valence-electron chi connectivity index (χ0n) is 11.8. The summed E-state index contributed by atoms with van der Waals surface area (Å²) in [5.74, 6) is 0. The second kappa shape index (κ2) is 7.34. The zero-order valence-corrected chi connectivity index (χ0v) is 11.8. The van der Waals surface area contributed by atoms with Crippen molar-refractivity contribution < 1.29 is 5.11 Å². The first-order valence-corrected chi connectivity index (χ1v) is 7.31. The van der Waals surface area contributed by atoms with Gasteiger partial charge in [0.05, 0.1) is 5.60 Å². The van der Waals surface area contributed by atoms with Crippen LogP contribution in [0.15, 0.2) is 0 Å². The SMILES string of the molecule is CCN(CC1CCCCN1)CC(O)(CC)CC. The van der Waals surface area contributed by atoms with Gasteiger partial charge in [0, 0.05) is 19.1 Å². The fraction of sp³-hybridized carbons (Fsp3) is 1.00. The molecular formula is C14H30N2O. The molecule has 1 saturated heterocycles. The highest BCUT2D eigenvalue weighted by Crippen LogP contribution is 2.17. The van der Waals surface area contributed by atoms with E-state index in [4.69, 9.17) is 0 Å². The van der Waals surface area contributed by atoms with Gasteiger partial charge in [-0.3, -0.25) is 4.90 Å². The highest BCUT2D eigenvalue weighted by molar-refractivity contribution is 4.82. The summed E-state index contributed by atoms with van der Waals surface area (Å²) in [6, 6.07) is 0.627. The monoisotopic (exact) mass is 242 g/mol. The van der Waals surface area contributed by atoms with Crippen molar-refractivity contribution in [3.05, 3.63) is 0 Å². The molecule has 1 unspecified atom stereocenters. The molecule has 1 heterocycles. The summed E-state index contributed by atoms with van der Waals surface area (Å²) in [5.41, 5.74) is -0.495. The molecule has 1 fully saturated rings. The van der Waals surface area contributed by atoms with Crippen molar-refractivity contribution in [2.45, 2.75) is 64.5 Å². The third-order valence-corrected chi connectivity index (χ3v) is 4.17. The molecule has 2 N–H and O–H groups in total. The van der Waals surface area contributed by atoms with Crippen LogP contribution in [0.4, 0.5) is 0 Å². The van der Waals surface area contributed by atoms with E-state index in [2.05, 4.69) is 31.0 Å². The highest BCUT2D eigenvalue weighted by Gasteiger charge is 2.26. The van der Waals surface area contributed by atoms with Crippen molar-refractivity contribution in [1.29, 1.82) is 0 Å². The Hall–Kier alpha value is -0.120. The van der Waals surface area contributed by atoms with E-state index in [-0.39, 0.29) is 0 Å². The predicted octanol–water partition coefficient (Wildman–Crippen LogP) is 2.00. The third kappa shape index (κ3) is 4.94. The Balaban J connectivity index is 2.41. The largest absolute Gasteiger partial charge is 0.389 e. The molecule has 1 aliphatic heterocycles. The van der Waals surface area contributed by atoms with Gasteiger partial charge in [0.2, 0.25) is 0 Å². The average molecular weight is 242 g/mol. The number of nitrogens with zero attached hydrogens (tertiary/aromatic N) is 1. The molecule has 1 rings (SSSR count). The minimum Gasteiger partial charge on any atom is -0.389 e. The smallest absolute Gasteiger partial charge is 0.0768 e. The standard InChI is InChI=1S/C14H30N2O/c1-4-14(17,5-2)12-16(6-3)11-13-9-7-8-10-15-13/h13,15,17H,4-12H2,1-3H3. The van der Waals surface area contributed by atoms with Gasteiger partial charge in [0.15, 0.2) is 0 Å². The number of likely N-dealkylation sites (N-methyl/N-ethyl adjacent to an activating group) is 1. The van der Waals surface area contributed by atoms with Crippen molar-refractivity contribution >= 4 is 0 Å². The van der Waals surface area contributed by atoms with Crippen LogP contribution >= 0.6 is 0 Å². The summed E-state index contributed by atoms with van der Waals surface area (Å²) in [5, 5.41) is 14.0. The van der Waals surface area contributed by atoms with E-state index in [1.165, 1.54) is 19.3 Å². The molecule has 0 aromatic carbocycles. The summed E-state index contributed by atoms with van der Waals surface area (Å²) in [6.07, 6.45) is 5.64. The van der Waals surface area contributed by atoms with Gasteiger partial charge >= 0.3 is 0 Å². The maximum atomic E-state index is 10.4. The van der Waals surface area contributed by atoms with Gasteiger partial charge in [-0.05, 0) is 38.8 Å². The number of hydrogen-bond donors (Lipinski definition) is 2. The van der Waals surface area contributed by atoms with Crippen molar-refractivity contribution in [2.24, 2.45) is 0 Å². The van der Waals surface area contributed by atoms with E-state index in [0.29, 0.717) is 6.04 Å². The fourth-order valence-corrected chi connectivity index (χ4v) is 2.59. The first kappa shape index (κ1) is 14.9. The molecule has 102 valence electrons. The first-order chi connectivity index (χ1) is 8.13. The van der Waals surface area contributed by atoms with Crippen LogP contribution < -0.4 is 5.32 Å². The lowest BCUT2D eigenvalue weighted by atomic mass is 9.96. The lowest BCUT2D eigenvalue weighted by Crippen LogP contribution is -2.49. The molecule has 0 aromatic heterocycles. The minimum atomic E-state index is -0.495. The van der Waals surface area contributed by atoms with Gasteiger partial charge in [-0.1, -0.05) is 27.2 Å². The minimum absolute atomic E-state index is 0.495. The molecular weight excluding hydrogens is 212 g/mol. The van der Waals surface area contributed by atoms with Crippen LogP contribution in [0.3, 0.4) is 0 Å². The van der Waals surface area contributed by atoms with Crippen molar-refractivity contribution in [3.8, 4) is 0 Å². The molecule has 17 heavy (non-hydrogen) atoms. The maximum Gasteiger partial charge on any atom is 0.0768 e. The van der Waals surface area contributed by atoms with Crippen LogP contribution in [0.25, 0.3) is 0 Å². The van der Waals surface area contributed by atoms with Gasteiger partial charge in [0.25, 0.3) is 0 Å². The van der Waals surface area contributed by atoms with Gasteiger partial charge in [0.1, 0.15) is 0 Å². The third-order valence-electron chi connectivity index (χ3n) is 4.17. The Morgan fingerprint density at radius 2 is 1.94 bits per heavy atom. The second-order valence-corrected chi connectivity index (χ2v) is 5.41. The molecule has 0 bridgehead atoms.